The molecule has 0 atom stereocenters. The van der Waals surface area contributed by atoms with Crippen LogP contribution in [0.15, 0.2) is 57.2 Å². The quantitative estimate of drug-likeness (QED) is 0.452. The summed E-state index contributed by atoms with van der Waals surface area (Å²) in [4.78, 5) is 7.34. The number of methoxy groups -OCH3 is 2. The van der Waals surface area contributed by atoms with Crippen LogP contribution in [0.25, 0.3) is 11.3 Å². The third kappa shape index (κ3) is 4.58. The average molecular weight is 523 g/mol. The molecule has 0 aliphatic carbocycles. The van der Waals surface area contributed by atoms with Crippen molar-refractivity contribution < 1.29 is 17.9 Å². The van der Waals surface area contributed by atoms with Crippen molar-refractivity contribution in [3.05, 3.63) is 52.3 Å². The van der Waals surface area contributed by atoms with E-state index < -0.39 is 9.84 Å². The highest BCUT2D eigenvalue weighted by Crippen LogP contribution is 2.37. The van der Waals surface area contributed by atoms with Gasteiger partial charge in [0.2, 0.25) is 0 Å². The number of anilines is 1. The van der Waals surface area contributed by atoms with Crippen molar-refractivity contribution in [2.75, 3.05) is 32.2 Å². The zero-order valence-electron chi connectivity index (χ0n) is 17.2. The number of nitrogens with zero attached hydrogens (tertiary/aromatic N) is 2. The molecule has 0 saturated carbocycles. The molecule has 164 valence electrons. The summed E-state index contributed by atoms with van der Waals surface area (Å²) in [5.41, 5.74) is 1.74. The molecular formula is C22H23BrN2O4S2. The lowest BCUT2D eigenvalue weighted by molar-refractivity contribution is 0.395. The van der Waals surface area contributed by atoms with Crippen LogP contribution >= 0.6 is 27.3 Å². The summed E-state index contributed by atoms with van der Waals surface area (Å²) in [6, 6.07) is 12.5. The molecule has 0 bridgehead atoms. The molecule has 31 heavy (non-hydrogen) atoms. The Balaban J connectivity index is 1.47. The van der Waals surface area contributed by atoms with Gasteiger partial charge in [-0.1, -0.05) is 15.9 Å². The number of rotatable bonds is 6. The predicted molar refractivity (Wildman–Crippen MR) is 127 cm³/mol. The lowest BCUT2D eigenvalue weighted by atomic mass is 10.1. The summed E-state index contributed by atoms with van der Waals surface area (Å²) in [7, 11) is -0.0826. The molecule has 1 fully saturated rings. The van der Waals surface area contributed by atoms with Gasteiger partial charge >= 0.3 is 0 Å². The van der Waals surface area contributed by atoms with E-state index in [1.54, 1.807) is 49.8 Å². The molecule has 4 rings (SSSR count). The van der Waals surface area contributed by atoms with Crippen molar-refractivity contribution in [1.82, 2.24) is 4.98 Å². The number of hydrogen-bond acceptors (Lipinski definition) is 7. The second-order valence-electron chi connectivity index (χ2n) is 7.27. The molecule has 3 aromatic rings. The van der Waals surface area contributed by atoms with Gasteiger partial charge in [0.05, 0.1) is 30.1 Å². The average Bonchev–Trinajstić information content (AvgIpc) is 3.29. The predicted octanol–water partition coefficient (Wildman–Crippen LogP) is 5.03. The molecule has 1 saturated heterocycles. The summed E-state index contributed by atoms with van der Waals surface area (Å²) in [6.07, 6.45) is 1.17. The monoisotopic (exact) mass is 522 g/mol. The molecule has 1 aromatic heterocycles. The van der Waals surface area contributed by atoms with Crippen LogP contribution in [0.3, 0.4) is 0 Å². The fourth-order valence-electron chi connectivity index (χ4n) is 3.72. The highest BCUT2D eigenvalue weighted by atomic mass is 79.9. The number of benzene rings is 2. The third-order valence-corrected chi connectivity index (χ3v) is 9.18. The van der Waals surface area contributed by atoms with Crippen LogP contribution in [0, 0.1) is 0 Å². The standard InChI is InChI=1S/C22H23BrN2O4S2/c1-28-16-5-8-19(21(13-16)29-2)20-14-30-22(24-20)25-11-9-18(10-12-25)31(26,27)17-6-3-15(23)4-7-17/h3-8,13-14,18H,9-12H2,1-2H3. The highest BCUT2D eigenvalue weighted by molar-refractivity contribution is 9.10. The van der Waals surface area contributed by atoms with Crippen molar-refractivity contribution in [3.8, 4) is 22.8 Å². The van der Waals surface area contributed by atoms with Crippen LogP contribution in [0.1, 0.15) is 12.8 Å². The summed E-state index contributed by atoms with van der Waals surface area (Å²) >= 11 is 4.92. The number of aromatic nitrogens is 1. The van der Waals surface area contributed by atoms with Crippen molar-refractivity contribution in [1.29, 1.82) is 0 Å². The molecule has 6 nitrogen and oxygen atoms in total. The Labute approximate surface area is 194 Å². The Morgan fingerprint density at radius 2 is 1.77 bits per heavy atom. The molecule has 0 N–H and O–H groups in total. The van der Waals surface area contributed by atoms with Gasteiger partial charge < -0.3 is 14.4 Å². The third-order valence-electron chi connectivity index (χ3n) is 5.47. The van der Waals surface area contributed by atoms with Crippen LogP contribution < -0.4 is 14.4 Å². The van der Waals surface area contributed by atoms with Crippen molar-refractivity contribution >= 4 is 42.2 Å². The SMILES string of the molecule is COc1ccc(-c2csc(N3CCC(S(=O)(=O)c4ccc(Br)cc4)CC3)n2)c(OC)c1. The number of halogens is 1. The van der Waals surface area contributed by atoms with Crippen LogP contribution in [0.5, 0.6) is 11.5 Å². The Bertz CT molecular complexity index is 1150. The Kier molecular flexibility index (Phi) is 6.55. The normalized spacial score (nSPS) is 15.1. The molecule has 0 radical (unpaired) electrons. The first-order valence-electron chi connectivity index (χ1n) is 9.84. The summed E-state index contributed by atoms with van der Waals surface area (Å²) < 4.78 is 37.6. The van der Waals surface area contributed by atoms with Gasteiger partial charge in [-0.25, -0.2) is 13.4 Å². The minimum absolute atomic E-state index is 0.369. The minimum atomic E-state index is -3.33. The van der Waals surface area contributed by atoms with E-state index in [1.165, 1.54) is 0 Å². The van der Waals surface area contributed by atoms with E-state index in [4.69, 9.17) is 14.5 Å². The van der Waals surface area contributed by atoms with Gasteiger partial charge in [0.15, 0.2) is 15.0 Å². The number of piperidine rings is 1. The van der Waals surface area contributed by atoms with Gasteiger partial charge in [0.1, 0.15) is 11.5 Å². The van der Waals surface area contributed by atoms with Gasteiger partial charge in [-0.2, -0.15) is 0 Å². The molecule has 0 unspecified atom stereocenters. The second-order valence-corrected chi connectivity index (χ2v) is 11.2. The lowest BCUT2D eigenvalue weighted by Crippen LogP contribution is -2.39. The number of sulfone groups is 1. The van der Waals surface area contributed by atoms with Crippen molar-refractivity contribution in [2.24, 2.45) is 0 Å². The van der Waals surface area contributed by atoms with Crippen molar-refractivity contribution in [3.63, 3.8) is 0 Å². The summed E-state index contributed by atoms with van der Waals surface area (Å²) in [6.45, 7) is 1.32. The van der Waals surface area contributed by atoms with Crippen LogP contribution in [-0.2, 0) is 9.84 Å². The Morgan fingerprint density at radius 3 is 2.42 bits per heavy atom. The van der Waals surface area contributed by atoms with E-state index in [0.29, 0.717) is 36.6 Å². The highest BCUT2D eigenvalue weighted by Gasteiger charge is 2.32. The maximum Gasteiger partial charge on any atom is 0.185 e. The molecule has 1 aliphatic heterocycles. The first-order chi connectivity index (χ1) is 14.9. The topological polar surface area (TPSA) is 68.7 Å². The second kappa shape index (κ2) is 9.18. The van der Waals surface area contributed by atoms with E-state index in [2.05, 4.69) is 20.8 Å². The van der Waals surface area contributed by atoms with E-state index >= 15 is 0 Å². The smallest absolute Gasteiger partial charge is 0.185 e. The largest absolute Gasteiger partial charge is 0.497 e. The van der Waals surface area contributed by atoms with E-state index in [-0.39, 0.29) is 5.25 Å². The van der Waals surface area contributed by atoms with Gasteiger partial charge in [0.25, 0.3) is 0 Å². The molecule has 0 spiro atoms. The van der Waals surface area contributed by atoms with E-state index in [9.17, 15) is 8.42 Å². The van der Waals surface area contributed by atoms with Gasteiger partial charge in [0, 0.05) is 34.6 Å². The van der Waals surface area contributed by atoms with Crippen LogP contribution in [0.2, 0.25) is 0 Å². The minimum Gasteiger partial charge on any atom is -0.497 e. The number of hydrogen-bond donors (Lipinski definition) is 0. The molecule has 2 aromatic carbocycles. The summed E-state index contributed by atoms with van der Waals surface area (Å²) in [5.74, 6) is 1.43. The van der Waals surface area contributed by atoms with Gasteiger partial charge in [-0.15, -0.1) is 11.3 Å². The zero-order valence-corrected chi connectivity index (χ0v) is 20.5. The van der Waals surface area contributed by atoms with E-state index in [0.717, 1.165) is 26.6 Å². The van der Waals surface area contributed by atoms with Crippen LogP contribution in [-0.4, -0.2) is 46.0 Å². The summed E-state index contributed by atoms with van der Waals surface area (Å²) in [5, 5.41) is 2.53. The van der Waals surface area contributed by atoms with Crippen LogP contribution in [0.4, 0.5) is 5.13 Å². The zero-order chi connectivity index (χ0) is 22.0. The first-order valence-corrected chi connectivity index (χ1v) is 13.1. The Morgan fingerprint density at radius 1 is 1.06 bits per heavy atom. The first kappa shape index (κ1) is 22.1. The molecular weight excluding hydrogens is 500 g/mol. The molecule has 0 amide bonds. The van der Waals surface area contributed by atoms with Gasteiger partial charge in [-0.05, 0) is 49.2 Å². The molecule has 2 heterocycles. The number of ether oxygens (including phenoxy) is 2. The lowest BCUT2D eigenvalue weighted by Gasteiger charge is -2.31. The Hall–Kier alpha value is -2.10. The van der Waals surface area contributed by atoms with Crippen molar-refractivity contribution in [2.45, 2.75) is 23.0 Å². The fourth-order valence-corrected chi connectivity index (χ4v) is 6.59. The maximum atomic E-state index is 13.0. The van der Waals surface area contributed by atoms with E-state index in [1.807, 2.05) is 23.6 Å². The number of thiazole rings is 1. The van der Waals surface area contributed by atoms with Gasteiger partial charge in [-0.3, -0.25) is 0 Å². The maximum absolute atomic E-state index is 13.0. The molecule has 1 aliphatic rings. The fraction of sp³-hybridized carbons (Fsp3) is 0.318. The molecule has 9 heteroatoms.